The highest BCUT2D eigenvalue weighted by atomic mass is 16.4. The van der Waals surface area contributed by atoms with E-state index in [1.165, 1.54) is 0 Å². The van der Waals surface area contributed by atoms with Gasteiger partial charge in [-0.25, -0.2) is 14.6 Å². The molecule has 1 saturated carbocycles. The minimum atomic E-state index is -0.955. The number of aromatic amines is 1. The molecule has 1 heterocycles. The van der Waals surface area contributed by atoms with Crippen LogP contribution in [0.1, 0.15) is 37.9 Å². The van der Waals surface area contributed by atoms with E-state index in [0.717, 1.165) is 37.9 Å². The molecule has 0 aromatic carbocycles. The van der Waals surface area contributed by atoms with Crippen molar-refractivity contribution < 1.29 is 14.7 Å². The molecule has 0 aliphatic heterocycles. The lowest BCUT2D eigenvalue weighted by atomic mass is 9.84. The monoisotopic (exact) mass is 294 g/mol. The van der Waals surface area contributed by atoms with E-state index < -0.39 is 18.0 Å². The number of rotatable bonds is 6. The number of hydrogen-bond donors (Lipinski definition) is 4. The molecule has 21 heavy (non-hydrogen) atoms. The zero-order valence-electron chi connectivity index (χ0n) is 12.0. The van der Waals surface area contributed by atoms with Gasteiger partial charge >= 0.3 is 12.0 Å². The molecular weight excluding hydrogens is 272 g/mol. The first kappa shape index (κ1) is 15.3. The first-order chi connectivity index (χ1) is 10.2. The van der Waals surface area contributed by atoms with Crippen molar-refractivity contribution in [1.29, 1.82) is 0 Å². The Morgan fingerprint density at radius 1 is 1.38 bits per heavy atom. The van der Waals surface area contributed by atoms with Gasteiger partial charge in [0.2, 0.25) is 0 Å². The zero-order chi connectivity index (χ0) is 15.1. The number of H-pyrrole nitrogens is 1. The fourth-order valence-electron chi connectivity index (χ4n) is 2.77. The second-order valence-corrected chi connectivity index (χ2v) is 5.40. The summed E-state index contributed by atoms with van der Waals surface area (Å²) in [6, 6.07) is -1.23. The smallest absolute Gasteiger partial charge is 0.326 e. The van der Waals surface area contributed by atoms with Crippen LogP contribution in [0.3, 0.4) is 0 Å². The highest BCUT2D eigenvalue weighted by molar-refractivity contribution is 5.82. The van der Waals surface area contributed by atoms with Gasteiger partial charge in [0.1, 0.15) is 11.9 Å². The normalized spacial score (nSPS) is 17.1. The summed E-state index contributed by atoms with van der Waals surface area (Å²) in [5.74, 6) is -0.132. The summed E-state index contributed by atoms with van der Waals surface area (Å²) in [7, 11) is 0. The lowest BCUT2D eigenvalue weighted by Gasteiger charge is -2.28. The predicted molar refractivity (Wildman–Crippen MR) is 76.8 cm³/mol. The van der Waals surface area contributed by atoms with Gasteiger partial charge in [0.05, 0.1) is 0 Å². The Hall–Kier alpha value is -2.05. The van der Waals surface area contributed by atoms with Crippen molar-refractivity contribution in [3.8, 4) is 0 Å². The summed E-state index contributed by atoms with van der Waals surface area (Å²) in [6.45, 7) is 0.413. The molecule has 1 fully saturated rings. The van der Waals surface area contributed by atoms with Gasteiger partial charge in [-0.05, 0) is 18.8 Å². The van der Waals surface area contributed by atoms with Crippen LogP contribution in [-0.4, -0.2) is 39.7 Å². The summed E-state index contributed by atoms with van der Waals surface area (Å²) < 4.78 is 0. The minimum absolute atomic E-state index is 0.0343. The molecule has 0 radical (unpaired) electrons. The van der Waals surface area contributed by atoms with E-state index in [9.17, 15) is 14.7 Å². The standard InChI is InChI=1S/C14H22N4O3/c19-13(20)12(10-4-2-1-3-5-10)18-14(21)17-7-6-11-15-8-9-16-11/h8-10,12H,1-7H2,(H,15,16)(H,19,20)(H2,17,18,21). The van der Waals surface area contributed by atoms with E-state index >= 15 is 0 Å². The second kappa shape index (κ2) is 7.66. The van der Waals surface area contributed by atoms with Crippen LogP contribution in [0, 0.1) is 5.92 Å². The Labute approximate surface area is 123 Å². The van der Waals surface area contributed by atoms with Crippen molar-refractivity contribution in [2.45, 2.75) is 44.6 Å². The van der Waals surface area contributed by atoms with Crippen LogP contribution < -0.4 is 10.6 Å². The van der Waals surface area contributed by atoms with Gasteiger partial charge in [0, 0.05) is 25.4 Å². The Morgan fingerprint density at radius 3 is 2.76 bits per heavy atom. The quantitative estimate of drug-likeness (QED) is 0.634. The molecule has 2 rings (SSSR count). The lowest BCUT2D eigenvalue weighted by Crippen LogP contribution is -2.50. The Bertz CT molecular complexity index is 455. The fourth-order valence-corrected chi connectivity index (χ4v) is 2.77. The average molecular weight is 294 g/mol. The van der Waals surface area contributed by atoms with E-state index in [2.05, 4.69) is 20.6 Å². The van der Waals surface area contributed by atoms with Gasteiger partial charge in [-0.3, -0.25) is 0 Å². The summed E-state index contributed by atoms with van der Waals surface area (Å²) in [4.78, 5) is 30.1. The molecule has 0 spiro atoms. The summed E-state index contributed by atoms with van der Waals surface area (Å²) >= 11 is 0. The molecule has 0 saturated heterocycles. The average Bonchev–Trinajstić information content (AvgIpc) is 2.98. The zero-order valence-corrected chi connectivity index (χ0v) is 12.0. The number of carbonyl (C=O) groups excluding carboxylic acids is 1. The third-order valence-electron chi connectivity index (χ3n) is 3.88. The molecule has 116 valence electrons. The maximum atomic E-state index is 11.8. The van der Waals surface area contributed by atoms with Crippen LogP contribution in [0.25, 0.3) is 0 Å². The van der Waals surface area contributed by atoms with E-state index in [1.54, 1.807) is 12.4 Å². The van der Waals surface area contributed by atoms with Crippen molar-refractivity contribution in [3.63, 3.8) is 0 Å². The van der Waals surface area contributed by atoms with Crippen molar-refractivity contribution in [3.05, 3.63) is 18.2 Å². The summed E-state index contributed by atoms with van der Waals surface area (Å²) in [6.07, 6.45) is 8.91. The maximum Gasteiger partial charge on any atom is 0.326 e. The number of aromatic nitrogens is 2. The molecule has 4 N–H and O–H groups in total. The van der Waals surface area contributed by atoms with Gasteiger partial charge in [0.15, 0.2) is 0 Å². The van der Waals surface area contributed by atoms with E-state index in [4.69, 9.17) is 0 Å². The van der Waals surface area contributed by atoms with Crippen molar-refractivity contribution in [2.24, 2.45) is 5.92 Å². The number of hydrogen-bond acceptors (Lipinski definition) is 3. The topological polar surface area (TPSA) is 107 Å². The van der Waals surface area contributed by atoms with Crippen molar-refractivity contribution in [1.82, 2.24) is 20.6 Å². The van der Waals surface area contributed by atoms with E-state index in [0.29, 0.717) is 13.0 Å². The Balaban J connectivity index is 1.76. The van der Waals surface area contributed by atoms with Crippen LogP contribution in [0.15, 0.2) is 12.4 Å². The Morgan fingerprint density at radius 2 is 2.14 bits per heavy atom. The molecule has 1 unspecified atom stereocenters. The highest BCUT2D eigenvalue weighted by Crippen LogP contribution is 2.26. The van der Waals surface area contributed by atoms with Crippen LogP contribution in [-0.2, 0) is 11.2 Å². The molecule has 2 amide bonds. The maximum absolute atomic E-state index is 11.8. The number of nitrogens with one attached hydrogen (secondary N) is 3. The number of carboxylic acids is 1. The van der Waals surface area contributed by atoms with Crippen LogP contribution in [0.2, 0.25) is 0 Å². The van der Waals surface area contributed by atoms with Gasteiger partial charge in [-0.15, -0.1) is 0 Å². The van der Waals surface area contributed by atoms with Gasteiger partial charge < -0.3 is 20.7 Å². The molecule has 1 aliphatic rings. The number of imidazole rings is 1. The largest absolute Gasteiger partial charge is 0.480 e. The van der Waals surface area contributed by atoms with E-state index in [1.807, 2.05) is 0 Å². The van der Waals surface area contributed by atoms with Crippen LogP contribution in [0.5, 0.6) is 0 Å². The summed E-state index contributed by atoms with van der Waals surface area (Å²) in [5.41, 5.74) is 0. The molecule has 1 aromatic heterocycles. The number of urea groups is 1. The fraction of sp³-hybridized carbons (Fsp3) is 0.643. The van der Waals surface area contributed by atoms with Gasteiger partial charge in [-0.2, -0.15) is 0 Å². The number of aliphatic carboxylic acids is 1. The highest BCUT2D eigenvalue weighted by Gasteiger charge is 2.30. The number of carboxylic acid groups (broad SMARTS) is 1. The summed E-state index contributed by atoms with van der Waals surface area (Å²) in [5, 5.41) is 14.6. The van der Waals surface area contributed by atoms with Crippen LogP contribution >= 0.6 is 0 Å². The lowest BCUT2D eigenvalue weighted by molar-refractivity contribution is -0.141. The minimum Gasteiger partial charge on any atom is -0.480 e. The van der Waals surface area contributed by atoms with Gasteiger partial charge in [0.25, 0.3) is 0 Å². The molecule has 0 bridgehead atoms. The SMILES string of the molecule is O=C(NCCc1ncc[nH]1)NC(C(=O)O)C1CCCCC1. The first-order valence-electron chi connectivity index (χ1n) is 7.42. The number of carbonyl (C=O) groups is 2. The van der Waals surface area contributed by atoms with Gasteiger partial charge in [-0.1, -0.05) is 19.3 Å². The number of amides is 2. The van der Waals surface area contributed by atoms with E-state index in [-0.39, 0.29) is 5.92 Å². The molecule has 1 atom stereocenters. The molecule has 7 nitrogen and oxygen atoms in total. The van der Waals surface area contributed by atoms with Crippen LogP contribution in [0.4, 0.5) is 4.79 Å². The number of nitrogens with zero attached hydrogens (tertiary/aromatic N) is 1. The van der Waals surface area contributed by atoms with Crippen molar-refractivity contribution >= 4 is 12.0 Å². The van der Waals surface area contributed by atoms with Crippen molar-refractivity contribution in [2.75, 3.05) is 6.54 Å². The second-order valence-electron chi connectivity index (χ2n) is 5.40. The molecule has 1 aliphatic carbocycles. The third-order valence-corrected chi connectivity index (χ3v) is 3.88. The molecule has 1 aromatic rings. The Kier molecular flexibility index (Phi) is 5.59. The third kappa shape index (κ3) is 4.77. The first-order valence-corrected chi connectivity index (χ1v) is 7.42. The molecular formula is C14H22N4O3. The molecule has 7 heteroatoms. The predicted octanol–water partition coefficient (Wildman–Crippen LogP) is 1.28.